The first-order chi connectivity index (χ1) is 8.25. The predicted molar refractivity (Wildman–Crippen MR) is 69.4 cm³/mol. The molecular weight excluding hydrogens is 228 g/mol. The molecule has 0 radical (unpaired) electrons. The molecule has 0 heterocycles. The van der Waals surface area contributed by atoms with E-state index < -0.39 is 22.9 Å². The predicted octanol–water partition coefficient (Wildman–Crippen LogP) is 2.69. The molecule has 0 N–H and O–H groups in total. The Morgan fingerprint density at radius 2 is 1.50 bits per heavy atom. The van der Waals surface area contributed by atoms with Gasteiger partial charge >= 0.3 is 0 Å². The Labute approximate surface area is 107 Å². The van der Waals surface area contributed by atoms with Crippen LogP contribution in [0.2, 0.25) is 0 Å². The van der Waals surface area contributed by atoms with Gasteiger partial charge < -0.3 is 0 Å². The molecule has 18 heavy (non-hydrogen) atoms. The molecule has 0 amide bonds. The molecule has 0 aliphatic carbocycles. The van der Waals surface area contributed by atoms with Gasteiger partial charge in [0.25, 0.3) is 0 Å². The minimum absolute atomic E-state index is 0.330. The van der Waals surface area contributed by atoms with Gasteiger partial charge in [-0.25, -0.2) is 0 Å². The Morgan fingerprint density at radius 3 is 1.89 bits per heavy atom. The summed E-state index contributed by atoms with van der Waals surface area (Å²) < 4.78 is 0. The molecule has 0 aliphatic heterocycles. The zero-order chi connectivity index (χ0) is 13.9. The van der Waals surface area contributed by atoms with Crippen molar-refractivity contribution >= 4 is 17.3 Å². The van der Waals surface area contributed by atoms with Crippen LogP contribution >= 0.6 is 0 Å². The van der Waals surface area contributed by atoms with Crippen molar-refractivity contribution in [2.75, 3.05) is 0 Å². The van der Waals surface area contributed by atoms with E-state index in [-0.39, 0.29) is 5.78 Å². The Kier molecular flexibility index (Phi) is 4.17. The topological polar surface area (TPSA) is 51.2 Å². The third-order valence-electron chi connectivity index (χ3n) is 2.73. The summed E-state index contributed by atoms with van der Waals surface area (Å²) in [5, 5.41) is 0. The first kappa shape index (κ1) is 14.3. The normalized spacial score (nSPS) is 12.9. The summed E-state index contributed by atoms with van der Waals surface area (Å²) in [6.45, 7) is 6.42. The van der Waals surface area contributed by atoms with E-state index in [1.807, 2.05) is 0 Å². The van der Waals surface area contributed by atoms with Gasteiger partial charge in [-0.15, -0.1) is 0 Å². The van der Waals surface area contributed by atoms with E-state index >= 15 is 0 Å². The average Bonchev–Trinajstić information content (AvgIpc) is 2.28. The largest absolute Gasteiger partial charge is 0.299 e. The maximum absolute atomic E-state index is 12.2. The van der Waals surface area contributed by atoms with Gasteiger partial charge in [0.1, 0.15) is 11.7 Å². The van der Waals surface area contributed by atoms with E-state index in [9.17, 15) is 14.4 Å². The molecule has 3 nitrogen and oxygen atoms in total. The van der Waals surface area contributed by atoms with Crippen molar-refractivity contribution < 1.29 is 14.4 Å². The Balaban J connectivity index is 3.12. The number of hydrogen-bond donors (Lipinski definition) is 0. The van der Waals surface area contributed by atoms with Crippen LogP contribution in [0, 0.1) is 11.3 Å². The summed E-state index contributed by atoms with van der Waals surface area (Å²) in [7, 11) is 0. The van der Waals surface area contributed by atoms with Crippen LogP contribution in [0.3, 0.4) is 0 Å². The molecule has 1 aromatic carbocycles. The highest BCUT2D eigenvalue weighted by molar-refractivity contribution is 6.24. The molecule has 0 fully saturated rings. The fourth-order valence-corrected chi connectivity index (χ4v) is 1.69. The number of benzene rings is 1. The van der Waals surface area contributed by atoms with Crippen molar-refractivity contribution in [1.29, 1.82) is 0 Å². The molecule has 1 rings (SSSR count). The second-order valence-electron chi connectivity index (χ2n) is 5.39. The molecule has 1 atom stereocenters. The number of ketones is 3. The van der Waals surface area contributed by atoms with Crippen molar-refractivity contribution in [1.82, 2.24) is 0 Å². The number of Topliss-reactive ketones (excluding diaryl/α,β-unsaturated/α-hetero) is 3. The van der Waals surface area contributed by atoms with Crippen LogP contribution in [-0.2, 0) is 9.59 Å². The fourth-order valence-electron chi connectivity index (χ4n) is 1.69. The molecule has 1 aromatic rings. The number of carbonyl (C=O) groups excluding carboxylic acids is 3. The summed E-state index contributed by atoms with van der Waals surface area (Å²) in [5.41, 5.74) is -0.309. The summed E-state index contributed by atoms with van der Waals surface area (Å²) in [6.07, 6.45) is 0. The van der Waals surface area contributed by atoms with Gasteiger partial charge in [0.15, 0.2) is 11.6 Å². The molecule has 0 spiro atoms. The Morgan fingerprint density at radius 1 is 1.00 bits per heavy atom. The maximum atomic E-state index is 12.2. The quantitative estimate of drug-likeness (QED) is 0.606. The Hall–Kier alpha value is -1.77. The third-order valence-corrected chi connectivity index (χ3v) is 2.73. The second-order valence-corrected chi connectivity index (χ2v) is 5.39. The van der Waals surface area contributed by atoms with Crippen molar-refractivity contribution in [2.24, 2.45) is 11.3 Å². The smallest absolute Gasteiger partial charge is 0.180 e. The molecule has 0 bridgehead atoms. The average molecular weight is 246 g/mol. The van der Waals surface area contributed by atoms with Crippen molar-refractivity contribution in [3.05, 3.63) is 35.9 Å². The summed E-state index contributed by atoms with van der Waals surface area (Å²) in [4.78, 5) is 36.0. The third kappa shape index (κ3) is 3.13. The van der Waals surface area contributed by atoms with Crippen LogP contribution in [0.1, 0.15) is 38.1 Å². The molecule has 0 saturated carbocycles. The minimum atomic E-state index is -1.19. The Bertz CT molecular complexity index is 466. The molecule has 96 valence electrons. The lowest BCUT2D eigenvalue weighted by atomic mass is 9.78. The van der Waals surface area contributed by atoms with Crippen molar-refractivity contribution in [3.8, 4) is 0 Å². The highest BCUT2D eigenvalue weighted by Gasteiger charge is 2.37. The SMILES string of the molecule is CC(=O)C(C(=O)c1ccccc1)C(=O)C(C)(C)C. The highest BCUT2D eigenvalue weighted by atomic mass is 16.2. The zero-order valence-electron chi connectivity index (χ0n) is 11.2. The number of hydrogen-bond acceptors (Lipinski definition) is 3. The molecule has 0 aliphatic rings. The fraction of sp³-hybridized carbons (Fsp3) is 0.400. The van der Waals surface area contributed by atoms with Gasteiger partial charge in [0, 0.05) is 11.0 Å². The van der Waals surface area contributed by atoms with E-state index in [4.69, 9.17) is 0 Å². The number of carbonyl (C=O) groups is 3. The standard InChI is InChI=1S/C15H18O3/c1-10(16)12(14(18)15(2,3)4)13(17)11-8-6-5-7-9-11/h5-9,12H,1-4H3. The maximum Gasteiger partial charge on any atom is 0.180 e. The second kappa shape index (κ2) is 5.25. The summed E-state index contributed by atoms with van der Waals surface area (Å²) >= 11 is 0. The molecular formula is C15H18O3. The van der Waals surface area contributed by atoms with E-state index in [1.54, 1.807) is 51.1 Å². The van der Waals surface area contributed by atoms with Crippen LogP contribution in [0.15, 0.2) is 30.3 Å². The molecule has 0 saturated heterocycles. The zero-order valence-corrected chi connectivity index (χ0v) is 11.2. The molecule has 1 unspecified atom stereocenters. The molecule has 3 heteroatoms. The van der Waals surface area contributed by atoms with Gasteiger partial charge in [0.2, 0.25) is 0 Å². The van der Waals surface area contributed by atoms with Crippen LogP contribution in [0.4, 0.5) is 0 Å². The lowest BCUT2D eigenvalue weighted by Gasteiger charge is -2.22. The minimum Gasteiger partial charge on any atom is -0.299 e. The van der Waals surface area contributed by atoms with Crippen LogP contribution < -0.4 is 0 Å². The lowest BCUT2D eigenvalue weighted by Crippen LogP contribution is -2.38. The van der Waals surface area contributed by atoms with Crippen LogP contribution in [0.25, 0.3) is 0 Å². The first-order valence-corrected chi connectivity index (χ1v) is 5.89. The summed E-state index contributed by atoms with van der Waals surface area (Å²) in [6, 6.07) is 8.45. The van der Waals surface area contributed by atoms with Gasteiger partial charge in [-0.3, -0.25) is 14.4 Å². The van der Waals surface area contributed by atoms with E-state index in [0.29, 0.717) is 5.56 Å². The van der Waals surface area contributed by atoms with E-state index in [1.165, 1.54) is 6.92 Å². The molecule has 0 aromatic heterocycles. The van der Waals surface area contributed by atoms with Gasteiger partial charge in [0.05, 0.1) is 0 Å². The number of rotatable bonds is 4. The van der Waals surface area contributed by atoms with Crippen molar-refractivity contribution in [3.63, 3.8) is 0 Å². The van der Waals surface area contributed by atoms with Crippen LogP contribution in [0.5, 0.6) is 0 Å². The first-order valence-electron chi connectivity index (χ1n) is 5.89. The van der Waals surface area contributed by atoms with E-state index in [0.717, 1.165) is 0 Å². The van der Waals surface area contributed by atoms with Crippen LogP contribution in [-0.4, -0.2) is 17.3 Å². The van der Waals surface area contributed by atoms with E-state index in [2.05, 4.69) is 0 Å². The van der Waals surface area contributed by atoms with Gasteiger partial charge in [-0.1, -0.05) is 51.1 Å². The summed E-state index contributed by atoms with van der Waals surface area (Å²) in [5.74, 6) is -2.33. The highest BCUT2D eigenvalue weighted by Crippen LogP contribution is 2.23. The lowest BCUT2D eigenvalue weighted by molar-refractivity contribution is -0.134. The van der Waals surface area contributed by atoms with Gasteiger partial charge in [-0.05, 0) is 6.92 Å². The van der Waals surface area contributed by atoms with Crippen molar-refractivity contribution in [2.45, 2.75) is 27.7 Å². The van der Waals surface area contributed by atoms with Gasteiger partial charge in [-0.2, -0.15) is 0 Å². The monoisotopic (exact) mass is 246 g/mol.